The van der Waals surface area contributed by atoms with Gasteiger partial charge in [0.25, 0.3) is 5.91 Å². The van der Waals surface area contributed by atoms with Crippen molar-refractivity contribution in [3.63, 3.8) is 0 Å². The SMILES string of the molecule is NC(=O)c1cc(N)ccc1NCC1CCCS1. The van der Waals surface area contributed by atoms with Gasteiger partial charge in [0.15, 0.2) is 0 Å². The fourth-order valence-electron chi connectivity index (χ4n) is 1.95. The number of anilines is 2. The molecule has 0 bridgehead atoms. The Morgan fingerprint density at radius 1 is 1.53 bits per heavy atom. The summed E-state index contributed by atoms with van der Waals surface area (Å²) in [6.45, 7) is 0.870. The summed E-state index contributed by atoms with van der Waals surface area (Å²) in [5, 5.41) is 3.92. The fraction of sp³-hybridized carbons (Fsp3) is 0.417. The summed E-state index contributed by atoms with van der Waals surface area (Å²) < 4.78 is 0. The smallest absolute Gasteiger partial charge is 0.250 e. The van der Waals surface area contributed by atoms with Gasteiger partial charge in [0, 0.05) is 23.2 Å². The number of carbonyl (C=O) groups is 1. The van der Waals surface area contributed by atoms with Crippen LogP contribution >= 0.6 is 11.8 Å². The van der Waals surface area contributed by atoms with Crippen LogP contribution in [0.25, 0.3) is 0 Å². The van der Waals surface area contributed by atoms with Crippen molar-refractivity contribution >= 4 is 29.0 Å². The molecule has 1 aliphatic rings. The molecule has 1 atom stereocenters. The van der Waals surface area contributed by atoms with E-state index in [1.165, 1.54) is 18.6 Å². The summed E-state index contributed by atoms with van der Waals surface area (Å²) in [5.41, 5.74) is 12.8. The lowest BCUT2D eigenvalue weighted by Gasteiger charge is -2.14. The summed E-state index contributed by atoms with van der Waals surface area (Å²) >= 11 is 1.98. The maximum Gasteiger partial charge on any atom is 0.250 e. The van der Waals surface area contributed by atoms with Crippen LogP contribution in [-0.2, 0) is 0 Å². The number of amides is 1. The molecule has 0 radical (unpaired) electrons. The third-order valence-electron chi connectivity index (χ3n) is 2.85. The molecule has 1 saturated heterocycles. The average Bonchev–Trinajstić information content (AvgIpc) is 2.80. The molecule has 1 fully saturated rings. The highest BCUT2D eigenvalue weighted by Crippen LogP contribution is 2.27. The Morgan fingerprint density at radius 3 is 3.00 bits per heavy atom. The third kappa shape index (κ3) is 3.06. The summed E-state index contributed by atoms with van der Waals surface area (Å²) in [6, 6.07) is 5.21. The van der Waals surface area contributed by atoms with Gasteiger partial charge >= 0.3 is 0 Å². The van der Waals surface area contributed by atoms with Crippen molar-refractivity contribution in [2.75, 3.05) is 23.3 Å². The monoisotopic (exact) mass is 251 g/mol. The number of thioether (sulfide) groups is 1. The molecule has 17 heavy (non-hydrogen) atoms. The van der Waals surface area contributed by atoms with Gasteiger partial charge < -0.3 is 16.8 Å². The van der Waals surface area contributed by atoms with Crippen LogP contribution in [0.4, 0.5) is 11.4 Å². The third-order valence-corrected chi connectivity index (χ3v) is 4.25. The maximum absolute atomic E-state index is 11.3. The first-order chi connectivity index (χ1) is 8.16. The molecular formula is C12H17N3OS. The number of nitrogen functional groups attached to an aromatic ring is 1. The molecule has 2 rings (SSSR count). The number of nitrogens with one attached hydrogen (secondary N) is 1. The van der Waals surface area contributed by atoms with Gasteiger partial charge in [0.2, 0.25) is 0 Å². The van der Waals surface area contributed by atoms with Gasteiger partial charge in [-0.2, -0.15) is 11.8 Å². The number of primary amides is 1. The average molecular weight is 251 g/mol. The molecule has 1 unspecified atom stereocenters. The molecule has 4 nitrogen and oxygen atoms in total. The molecule has 5 N–H and O–H groups in total. The van der Waals surface area contributed by atoms with E-state index in [0.29, 0.717) is 16.5 Å². The zero-order chi connectivity index (χ0) is 12.3. The number of benzene rings is 1. The van der Waals surface area contributed by atoms with Crippen LogP contribution in [0, 0.1) is 0 Å². The molecule has 1 aromatic carbocycles. The van der Waals surface area contributed by atoms with Crippen molar-refractivity contribution in [3.05, 3.63) is 23.8 Å². The largest absolute Gasteiger partial charge is 0.399 e. The zero-order valence-electron chi connectivity index (χ0n) is 9.61. The zero-order valence-corrected chi connectivity index (χ0v) is 10.4. The van der Waals surface area contributed by atoms with Crippen molar-refractivity contribution in [3.8, 4) is 0 Å². The first-order valence-electron chi connectivity index (χ1n) is 5.71. The molecule has 0 saturated carbocycles. The molecule has 1 amide bonds. The van der Waals surface area contributed by atoms with E-state index in [0.717, 1.165) is 12.2 Å². The normalized spacial score (nSPS) is 19.2. The van der Waals surface area contributed by atoms with E-state index in [9.17, 15) is 4.79 Å². The van der Waals surface area contributed by atoms with E-state index in [1.54, 1.807) is 12.1 Å². The second-order valence-corrected chi connectivity index (χ2v) is 5.59. The molecule has 1 aliphatic heterocycles. The van der Waals surface area contributed by atoms with Crippen molar-refractivity contribution in [2.45, 2.75) is 18.1 Å². The van der Waals surface area contributed by atoms with E-state index in [-0.39, 0.29) is 0 Å². The lowest BCUT2D eigenvalue weighted by molar-refractivity contribution is 0.100. The van der Waals surface area contributed by atoms with Gasteiger partial charge in [-0.3, -0.25) is 4.79 Å². The standard InChI is InChI=1S/C12H17N3OS/c13-8-3-4-11(10(6-8)12(14)16)15-7-9-2-1-5-17-9/h3-4,6,9,15H,1-2,5,7,13H2,(H2,14,16). The molecule has 92 valence electrons. The highest BCUT2D eigenvalue weighted by molar-refractivity contribution is 8.00. The van der Waals surface area contributed by atoms with E-state index in [2.05, 4.69) is 5.32 Å². The maximum atomic E-state index is 11.3. The minimum atomic E-state index is -0.445. The predicted octanol–water partition coefficient (Wildman–Crippen LogP) is 1.68. The Labute approximate surface area is 105 Å². The lowest BCUT2D eigenvalue weighted by atomic mass is 10.1. The number of nitrogens with two attached hydrogens (primary N) is 2. The topological polar surface area (TPSA) is 81.1 Å². The van der Waals surface area contributed by atoms with Gasteiger partial charge in [-0.1, -0.05) is 0 Å². The van der Waals surface area contributed by atoms with Crippen molar-refractivity contribution in [1.82, 2.24) is 0 Å². The molecule has 1 aromatic rings. The Morgan fingerprint density at radius 2 is 2.35 bits per heavy atom. The van der Waals surface area contributed by atoms with Gasteiger partial charge in [0.1, 0.15) is 0 Å². The second kappa shape index (κ2) is 5.31. The second-order valence-electron chi connectivity index (χ2n) is 4.19. The molecule has 0 aliphatic carbocycles. The first-order valence-corrected chi connectivity index (χ1v) is 6.76. The van der Waals surface area contributed by atoms with Crippen LogP contribution in [-0.4, -0.2) is 23.5 Å². The summed E-state index contributed by atoms with van der Waals surface area (Å²) in [4.78, 5) is 11.3. The predicted molar refractivity (Wildman–Crippen MR) is 73.3 cm³/mol. The van der Waals surface area contributed by atoms with Crippen LogP contribution in [0.3, 0.4) is 0 Å². The molecule has 5 heteroatoms. The van der Waals surface area contributed by atoms with Crippen LogP contribution in [0.5, 0.6) is 0 Å². The van der Waals surface area contributed by atoms with Crippen molar-refractivity contribution in [1.29, 1.82) is 0 Å². The van der Waals surface area contributed by atoms with Gasteiger partial charge in [-0.05, 0) is 36.8 Å². The van der Waals surface area contributed by atoms with E-state index in [4.69, 9.17) is 11.5 Å². The van der Waals surface area contributed by atoms with Crippen molar-refractivity contribution < 1.29 is 4.79 Å². The highest BCUT2D eigenvalue weighted by Gasteiger charge is 2.16. The number of carbonyl (C=O) groups excluding carboxylic acids is 1. The van der Waals surface area contributed by atoms with Crippen LogP contribution in [0.15, 0.2) is 18.2 Å². The molecule has 0 aromatic heterocycles. The van der Waals surface area contributed by atoms with Gasteiger partial charge in [0.05, 0.1) is 5.56 Å². The molecule has 1 heterocycles. The first kappa shape index (κ1) is 12.1. The van der Waals surface area contributed by atoms with E-state index in [1.807, 2.05) is 17.8 Å². The van der Waals surface area contributed by atoms with E-state index >= 15 is 0 Å². The quantitative estimate of drug-likeness (QED) is 0.711. The van der Waals surface area contributed by atoms with E-state index < -0.39 is 5.91 Å². The minimum Gasteiger partial charge on any atom is -0.399 e. The Kier molecular flexibility index (Phi) is 3.78. The number of hydrogen-bond acceptors (Lipinski definition) is 4. The minimum absolute atomic E-state index is 0.445. The Hall–Kier alpha value is -1.36. The number of rotatable bonds is 4. The summed E-state index contributed by atoms with van der Waals surface area (Å²) in [6.07, 6.45) is 2.51. The fourth-order valence-corrected chi connectivity index (χ4v) is 3.15. The summed E-state index contributed by atoms with van der Waals surface area (Å²) in [7, 11) is 0. The Balaban J connectivity index is 2.06. The van der Waals surface area contributed by atoms with Crippen LogP contribution in [0.2, 0.25) is 0 Å². The summed E-state index contributed by atoms with van der Waals surface area (Å²) in [5.74, 6) is 0.787. The molecule has 0 spiro atoms. The van der Waals surface area contributed by atoms with Crippen molar-refractivity contribution in [2.24, 2.45) is 5.73 Å². The van der Waals surface area contributed by atoms with Crippen LogP contribution < -0.4 is 16.8 Å². The highest BCUT2D eigenvalue weighted by atomic mass is 32.2. The lowest BCUT2D eigenvalue weighted by Crippen LogP contribution is -2.18. The van der Waals surface area contributed by atoms with Gasteiger partial charge in [-0.15, -0.1) is 0 Å². The number of hydrogen-bond donors (Lipinski definition) is 3. The van der Waals surface area contributed by atoms with Gasteiger partial charge in [-0.25, -0.2) is 0 Å². The Bertz CT molecular complexity index is 416. The molecular weight excluding hydrogens is 234 g/mol. The van der Waals surface area contributed by atoms with Crippen LogP contribution in [0.1, 0.15) is 23.2 Å².